The van der Waals surface area contributed by atoms with Crippen LogP contribution in [0.2, 0.25) is 0 Å². The van der Waals surface area contributed by atoms with Gasteiger partial charge in [0.1, 0.15) is 12.2 Å². The Morgan fingerprint density at radius 2 is 2.20 bits per heavy atom. The van der Waals surface area contributed by atoms with Crippen LogP contribution in [0.5, 0.6) is 0 Å². The molecule has 8 heteroatoms. The maximum Gasteiger partial charge on any atom is 0.315 e. The Morgan fingerprint density at radius 3 is 2.75 bits per heavy atom. The summed E-state index contributed by atoms with van der Waals surface area (Å²) in [5, 5.41) is 20.6. The predicted molar refractivity (Wildman–Crippen MR) is 72.1 cm³/mol. The van der Waals surface area contributed by atoms with Crippen molar-refractivity contribution >= 4 is 12.0 Å². The van der Waals surface area contributed by atoms with Gasteiger partial charge in [0.2, 0.25) is 0 Å². The molecule has 20 heavy (non-hydrogen) atoms. The number of carbonyl (C=O) groups is 2. The van der Waals surface area contributed by atoms with Crippen LogP contribution in [0, 0.1) is 5.92 Å². The van der Waals surface area contributed by atoms with Crippen LogP contribution >= 0.6 is 0 Å². The number of nitrogens with zero attached hydrogens (tertiary/aromatic N) is 2. The van der Waals surface area contributed by atoms with Gasteiger partial charge in [0.15, 0.2) is 0 Å². The van der Waals surface area contributed by atoms with Crippen molar-refractivity contribution in [1.82, 2.24) is 25.8 Å². The molecule has 1 aromatic heterocycles. The highest BCUT2D eigenvalue weighted by Crippen LogP contribution is 2.05. The lowest BCUT2D eigenvalue weighted by Gasteiger charge is -2.20. The monoisotopic (exact) mass is 283 g/mol. The summed E-state index contributed by atoms with van der Waals surface area (Å²) in [6, 6.07) is -0.718. The Labute approximate surface area is 117 Å². The molecule has 4 N–H and O–H groups in total. The van der Waals surface area contributed by atoms with E-state index in [0.717, 1.165) is 12.2 Å². The molecule has 0 aliphatic heterocycles. The highest BCUT2D eigenvalue weighted by molar-refractivity contribution is 5.75. The van der Waals surface area contributed by atoms with Crippen molar-refractivity contribution in [2.24, 2.45) is 5.92 Å². The SMILES string of the molecule is CC(C)C(CC(=O)O)NC(=O)NCCCc1ncn[nH]1. The number of urea groups is 1. The maximum atomic E-state index is 11.6. The molecule has 8 nitrogen and oxygen atoms in total. The van der Waals surface area contributed by atoms with Crippen molar-refractivity contribution in [3.05, 3.63) is 12.2 Å². The molecule has 0 spiro atoms. The third-order valence-electron chi connectivity index (χ3n) is 2.86. The average Bonchev–Trinajstić information content (AvgIpc) is 2.86. The lowest BCUT2D eigenvalue weighted by atomic mass is 10.0. The number of aromatic nitrogens is 3. The van der Waals surface area contributed by atoms with Crippen LogP contribution in [-0.4, -0.2) is 44.9 Å². The molecule has 0 fully saturated rings. The minimum Gasteiger partial charge on any atom is -0.481 e. The zero-order chi connectivity index (χ0) is 15.0. The van der Waals surface area contributed by atoms with Crippen LogP contribution < -0.4 is 10.6 Å². The van der Waals surface area contributed by atoms with Crippen LogP contribution in [0.4, 0.5) is 4.79 Å². The fraction of sp³-hybridized carbons (Fsp3) is 0.667. The van der Waals surface area contributed by atoms with Crippen molar-refractivity contribution in [2.75, 3.05) is 6.54 Å². The van der Waals surface area contributed by atoms with Gasteiger partial charge in [0.25, 0.3) is 0 Å². The number of rotatable bonds is 8. The Balaban J connectivity index is 2.22. The number of carbonyl (C=O) groups excluding carboxylic acids is 1. The van der Waals surface area contributed by atoms with E-state index < -0.39 is 5.97 Å². The zero-order valence-corrected chi connectivity index (χ0v) is 11.7. The van der Waals surface area contributed by atoms with Crippen molar-refractivity contribution in [3.63, 3.8) is 0 Å². The fourth-order valence-corrected chi connectivity index (χ4v) is 1.67. The quantitative estimate of drug-likeness (QED) is 0.519. The molecule has 0 aliphatic carbocycles. The lowest BCUT2D eigenvalue weighted by Crippen LogP contribution is -2.45. The predicted octanol–water partition coefficient (Wildman–Crippen LogP) is 0.536. The van der Waals surface area contributed by atoms with Gasteiger partial charge in [-0.2, -0.15) is 5.10 Å². The molecule has 1 rings (SSSR count). The van der Waals surface area contributed by atoms with Crippen LogP contribution in [-0.2, 0) is 11.2 Å². The van der Waals surface area contributed by atoms with Crippen LogP contribution in [0.3, 0.4) is 0 Å². The first-order chi connectivity index (χ1) is 9.49. The van der Waals surface area contributed by atoms with Gasteiger partial charge in [-0.05, 0) is 12.3 Å². The van der Waals surface area contributed by atoms with Crippen molar-refractivity contribution in [2.45, 2.75) is 39.2 Å². The minimum atomic E-state index is -0.922. The van der Waals surface area contributed by atoms with Crippen molar-refractivity contribution in [1.29, 1.82) is 0 Å². The molecule has 1 heterocycles. The summed E-state index contributed by atoms with van der Waals surface area (Å²) in [6.45, 7) is 4.24. The summed E-state index contributed by atoms with van der Waals surface area (Å²) < 4.78 is 0. The number of nitrogens with one attached hydrogen (secondary N) is 3. The van der Waals surface area contributed by atoms with E-state index in [4.69, 9.17) is 5.11 Å². The highest BCUT2D eigenvalue weighted by atomic mass is 16.4. The molecule has 1 aromatic rings. The largest absolute Gasteiger partial charge is 0.481 e. The van der Waals surface area contributed by atoms with E-state index in [2.05, 4.69) is 25.8 Å². The second-order valence-corrected chi connectivity index (χ2v) is 4.88. The third kappa shape index (κ3) is 6.17. The smallest absolute Gasteiger partial charge is 0.315 e. The molecule has 112 valence electrons. The number of aromatic amines is 1. The van der Waals surface area contributed by atoms with Gasteiger partial charge < -0.3 is 15.7 Å². The molecule has 0 aromatic carbocycles. The van der Waals surface area contributed by atoms with Crippen LogP contribution in [0.1, 0.15) is 32.5 Å². The summed E-state index contributed by atoms with van der Waals surface area (Å²) in [6.07, 6.45) is 2.79. The molecule has 0 saturated heterocycles. The Bertz CT molecular complexity index is 419. The number of hydrogen-bond acceptors (Lipinski definition) is 4. The van der Waals surface area contributed by atoms with E-state index >= 15 is 0 Å². The summed E-state index contributed by atoms with van der Waals surface area (Å²) in [5.74, 6) is -0.0847. The number of carboxylic acids is 1. The number of hydrogen-bond donors (Lipinski definition) is 4. The molecule has 0 saturated carbocycles. The van der Waals surface area contributed by atoms with E-state index in [1.54, 1.807) is 0 Å². The first-order valence-electron chi connectivity index (χ1n) is 6.59. The molecule has 2 amide bonds. The van der Waals surface area contributed by atoms with Gasteiger partial charge in [0.05, 0.1) is 6.42 Å². The standard InChI is InChI=1S/C12H21N5O3/c1-8(2)9(6-11(18)19)16-12(20)13-5-3-4-10-14-7-15-17-10/h7-9H,3-6H2,1-2H3,(H,18,19)(H2,13,16,20)(H,14,15,17). The summed E-state index contributed by atoms with van der Waals surface area (Å²) in [7, 11) is 0. The van der Waals surface area contributed by atoms with E-state index in [1.807, 2.05) is 13.8 Å². The number of H-pyrrole nitrogens is 1. The number of aliphatic carboxylic acids is 1. The van der Waals surface area contributed by atoms with Crippen LogP contribution in [0.25, 0.3) is 0 Å². The lowest BCUT2D eigenvalue weighted by molar-refractivity contribution is -0.137. The molecular weight excluding hydrogens is 262 g/mol. The second-order valence-electron chi connectivity index (χ2n) is 4.88. The van der Waals surface area contributed by atoms with Gasteiger partial charge in [-0.25, -0.2) is 9.78 Å². The number of amides is 2. The van der Waals surface area contributed by atoms with Gasteiger partial charge in [0, 0.05) is 19.0 Å². The molecular formula is C12H21N5O3. The van der Waals surface area contributed by atoms with Gasteiger partial charge in [-0.3, -0.25) is 9.89 Å². The minimum absolute atomic E-state index is 0.0612. The van der Waals surface area contributed by atoms with Crippen LogP contribution in [0.15, 0.2) is 6.33 Å². The first-order valence-corrected chi connectivity index (χ1v) is 6.59. The molecule has 1 unspecified atom stereocenters. The molecule has 0 aliphatic rings. The number of carboxylic acid groups (broad SMARTS) is 1. The van der Waals surface area contributed by atoms with E-state index in [-0.39, 0.29) is 24.4 Å². The first kappa shape index (κ1) is 15.9. The number of aryl methyl sites for hydroxylation is 1. The van der Waals surface area contributed by atoms with Crippen molar-refractivity contribution < 1.29 is 14.7 Å². The summed E-state index contributed by atoms with van der Waals surface area (Å²) in [5.41, 5.74) is 0. The van der Waals surface area contributed by atoms with Gasteiger partial charge in [-0.15, -0.1) is 0 Å². The summed E-state index contributed by atoms with van der Waals surface area (Å²) in [4.78, 5) is 26.3. The third-order valence-corrected chi connectivity index (χ3v) is 2.86. The van der Waals surface area contributed by atoms with E-state index in [9.17, 15) is 9.59 Å². The molecule has 1 atom stereocenters. The van der Waals surface area contributed by atoms with Crippen molar-refractivity contribution in [3.8, 4) is 0 Å². The molecule has 0 bridgehead atoms. The Kier molecular flexibility index (Phi) is 6.48. The maximum absolute atomic E-state index is 11.6. The Morgan fingerprint density at radius 1 is 1.45 bits per heavy atom. The van der Waals surface area contributed by atoms with E-state index in [1.165, 1.54) is 6.33 Å². The zero-order valence-electron chi connectivity index (χ0n) is 11.7. The average molecular weight is 283 g/mol. The normalized spacial score (nSPS) is 12.2. The highest BCUT2D eigenvalue weighted by Gasteiger charge is 2.18. The van der Waals surface area contributed by atoms with Gasteiger partial charge in [-0.1, -0.05) is 13.8 Å². The van der Waals surface area contributed by atoms with Gasteiger partial charge >= 0.3 is 12.0 Å². The molecule has 0 radical (unpaired) electrons. The second kappa shape index (κ2) is 8.13. The topological polar surface area (TPSA) is 120 Å². The Hall–Kier alpha value is -2.12. The summed E-state index contributed by atoms with van der Waals surface area (Å²) >= 11 is 0. The fourth-order valence-electron chi connectivity index (χ4n) is 1.67. The van der Waals surface area contributed by atoms with E-state index in [0.29, 0.717) is 13.0 Å².